The van der Waals surface area contributed by atoms with Crippen LogP contribution in [-0.4, -0.2) is 26.5 Å². The second-order valence-electron chi connectivity index (χ2n) is 4.75. The minimum Gasteiger partial charge on any atom is -0.345 e. The van der Waals surface area contributed by atoms with E-state index in [-0.39, 0.29) is 18.2 Å². The minimum absolute atomic E-state index is 0.249. The summed E-state index contributed by atoms with van der Waals surface area (Å²) < 4.78 is 7.40. The zero-order valence-electron chi connectivity index (χ0n) is 12.2. The summed E-state index contributed by atoms with van der Waals surface area (Å²) >= 11 is 3.28. The highest BCUT2D eigenvalue weighted by Crippen LogP contribution is 2.13. The number of nitrogens with one attached hydrogen (secondary N) is 2. The molecule has 22 heavy (non-hydrogen) atoms. The Balaban J connectivity index is 1.71. The first-order valence-corrected chi connectivity index (χ1v) is 7.45. The molecule has 0 bridgehead atoms. The number of nitrogens with zero attached hydrogens (tertiary/aromatic N) is 3. The number of hydrogen-bond donors (Lipinski definition) is 2. The van der Waals surface area contributed by atoms with E-state index in [0.29, 0.717) is 30.3 Å². The van der Waals surface area contributed by atoms with E-state index in [2.05, 4.69) is 36.9 Å². The number of hydrazine groups is 1. The van der Waals surface area contributed by atoms with Gasteiger partial charge >= 0.3 is 0 Å². The lowest BCUT2D eigenvalue weighted by Gasteiger charge is -2.07. The molecule has 2 amide bonds. The highest BCUT2D eigenvalue weighted by atomic mass is 79.9. The second kappa shape index (κ2) is 7.21. The topological polar surface area (TPSA) is 102 Å². The number of carbonyl (C=O) groups is 2. The van der Waals surface area contributed by atoms with Crippen molar-refractivity contribution in [1.82, 2.24) is 25.6 Å². The molecule has 2 N–H and O–H groups in total. The van der Waals surface area contributed by atoms with Crippen LogP contribution in [0.25, 0.3) is 0 Å². The predicted molar refractivity (Wildman–Crippen MR) is 80.7 cm³/mol. The number of carbonyl (C=O) groups excluding carboxylic acids is 2. The van der Waals surface area contributed by atoms with Crippen LogP contribution in [0.4, 0.5) is 0 Å². The van der Waals surface area contributed by atoms with Crippen molar-refractivity contribution < 1.29 is 14.1 Å². The van der Waals surface area contributed by atoms with Gasteiger partial charge in [-0.1, -0.05) is 5.16 Å². The van der Waals surface area contributed by atoms with Crippen LogP contribution in [0.5, 0.6) is 0 Å². The van der Waals surface area contributed by atoms with Crippen LogP contribution in [-0.2, 0) is 18.3 Å². The van der Waals surface area contributed by atoms with Crippen molar-refractivity contribution in [3.63, 3.8) is 0 Å². The van der Waals surface area contributed by atoms with E-state index in [4.69, 9.17) is 4.52 Å². The van der Waals surface area contributed by atoms with Crippen LogP contribution in [0.1, 0.15) is 35.0 Å². The van der Waals surface area contributed by atoms with Gasteiger partial charge in [0.1, 0.15) is 5.69 Å². The predicted octanol–water partition coefficient (Wildman–Crippen LogP) is 1.26. The lowest BCUT2D eigenvalue weighted by atomic mass is 10.2. The molecule has 2 heterocycles. The molecule has 0 saturated heterocycles. The summed E-state index contributed by atoms with van der Waals surface area (Å²) in [6.07, 6.45) is 3.08. The van der Waals surface area contributed by atoms with Crippen molar-refractivity contribution >= 4 is 27.7 Å². The maximum atomic E-state index is 11.9. The maximum absolute atomic E-state index is 11.9. The standard InChI is InChI=1S/C13H16BrN5O3/c1-8-15-12(22-18-8)5-3-4-11(20)16-17-13(21)10-6-9(14)7-19(10)2/h6-7H,3-5H2,1-2H3,(H,16,20)(H,17,21). The van der Waals surface area contributed by atoms with Gasteiger partial charge in [0.2, 0.25) is 11.8 Å². The summed E-state index contributed by atoms with van der Waals surface area (Å²) in [4.78, 5) is 27.6. The van der Waals surface area contributed by atoms with Crippen molar-refractivity contribution in [3.05, 3.63) is 34.1 Å². The van der Waals surface area contributed by atoms with Gasteiger partial charge in [-0.2, -0.15) is 4.98 Å². The Morgan fingerprint density at radius 2 is 2.18 bits per heavy atom. The van der Waals surface area contributed by atoms with E-state index in [9.17, 15) is 9.59 Å². The molecule has 0 spiro atoms. The van der Waals surface area contributed by atoms with Crippen molar-refractivity contribution in [1.29, 1.82) is 0 Å². The van der Waals surface area contributed by atoms with Gasteiger partial charge in [0, 0.05) is 30.6 Å². The molecule has 0 aliphatic carbocycles. The van der Waals surface area contributed by atoms with Gasteiger partial charge in [-0.15, -0.1) is 0 Å². The fraction of sp³-hybridized carbons (Fsp3) is 0.385. The van der Waals surface area contributed by atoms with Crippen LogP contribution in [0.2, 0.25) is 0 Å². The fourth-order valence-electron chi connectivity index (χ4n) is 1.84. The summed E-state index contributed by atoms with van der Waals surface area (Å²) in [5.41, 5.74) is 5.19. The Kier molecular flexibility index (Phi) is 5.31. The largest absolute Gasteiger partial charge is 0.345 e. The van der Waals surface area contributed by atoms with Gasteiger partial charge in [-0.25, -0.2) is 0 Å². The van der Waals surface area contributed by atoms with Gasteiger partial charge in [0.25, 0.3) is 5.91 Å². The first-order chi connectivity index (χ1) is 10.5. The SMILES string of the molecule is Cc1noc(CCCC(=O)NNC(=O)c2cc(Br)cn2C)n1. The van der Waals surface area contributed by atoms with Crippen LogP contribution in [0, 0.1) is 6.92 Å². The Bertz CT molecular complexity index is 679. The Labute approximate surface area is 135 Å². The molecule has 9 heteroatoms. The normalized spacial score (nSPS) is 10.5. The molecule has 2 aromatic heterocycles. The molecule has 0 aliphatic heterocycles. The van der Waals surface area contributed by atoms with Crippen LogP contribution < -0.4 is 10.9 Å². The average molecular weight is 370 g/mol. The molecule has 0 aromatic carbocycles. The third kappa shape index (κ3) is 4.42. The molecular formula is C13H16BrN5O3. The number of aromatic nitrogens is 3. The molecule has 118 valence electrons. The molecule has 0 atom stereocenters. The monoisotopic (exact) mass is 369 g/mol. The summed E-state index contributed by atoms with van der Waals surface area (Å²) in [7, 11) is 1.74. The highest BCUT2D eigenvalue weighted by Gasteiger charge is 2.12. The van der Waals surface area contributed by atoms with Crippen LogP contribution in [0.3, 0.4) is 0 Å². The van der Waals surface area contributed by atoms with E-state index in [1.54, 1.807) is 30.8 Å². The van der Waals surface area contributed by atoms with Crippen molar-refractivity contribution in [2.24, 2.45) is 7.05 Å². The molecule has 0 unspecified atom stereocenters. The van der Waals surface area contributed by atoms with E-state index in [1.165, 1.54) is 0 Å². The van der Waals surface area contributed by atoms with Crippen LogP contribution in [0.15, 0.2) is 21.3 Å². The number of halogens is 1. The zero-order valence-corrected chi connectivity index (χ0v) is 13.8. The number of amides is 2. The quantitative estimate of drug-likeness (QED) is 0.772. The lowest BCUT2D eigenvalue weighted by molar-refractivity contribution is -0.121. The number of rotatable bonds is 5. The van der Waals surface area contributed by atoms with Gasteiger partial charge in [-0.3, -0.25) is 20.4 Å². The maximum Gasteiger partial charge on any atom is 0.286 e. The second-order valence-corrected chi connectivity index (χ2v) is 5.66. The fourth-order valence-corrected chi connectivity index (χ4v) is 2.37. The lowest BCUT2D eigenvalue weighted by Crippen LogP contribution is -2.42. The Morgan fingerprint density at radius 3 is 2.77 bits per heavy atom. The summed E-state index contributed by atoms with van der Waals surface area (Å²) in [6.45, 7) is 1.73. The Morgan fingerprint density at radius 1 is 1.41 bits per heavy atom. The molecule has 0 fully saturated rings. The molecule has 2 aromatic rings. The number of aryl methyl sites for hydroxylation is 3. The highest BCUT2D eigenvalue weighted by molar-refractivity contribution is 9.10. The van der Waals surface area contributed by atoms with Crippen LogP contribution >= 0.6 is 15.9 Å². The van der Waals surface area contributed by atoms with E-state index in [0.717, 1.165) is 4.47 Å². The molecule has 2 rings (SSSR count). The van der Waals surface area contributed by atoms with Crippen molar-refractivity contribution in [2.75, 3.05) is 0 Å². The third-order valence-electron chi connectivity index (χ3n) is 2.88. The van der Waals surface area contributed by atoms with Crippen molar-refractivity contribution in [3.8, 4) is 0 Å². The van der Waals surface area contributed by atoms with E-state index < -0.39 is 0 Å². The summed E-state index contributed by atoms with van der Waals surface area (Å²) in [5.74, 6) is 0.412. The Hall–Kier alpha value is -2.16. The van der Waals surface area contributed by atoms with Crippen molar-refractivity contribution in [2.45, 2.75) is 26.2 Å². The third-order valence-corrected chi connectivity index (χ3v) is 3.32. The molecule has 0 aliphatic rings. The van der Waals surface area contributed by atoms with Gasteiger partial charge in [-0.05, 0) is 35.3 Å². The molecule has 8 nitrogen and oxygen atoms in total. The van der Waals surface area contributed by atoms with Gasteiger partial charge < -0.3 is 9.09 Å². The summed E-state index contributed by atoms with van der Waals surface area (Å²) in [6, 6.07) is 1.67. The van der Waals surface area contributed by atoms with Gasteiger partial charge in [0.15, 0.2) is 5.82 Å². The zero-order chi connectivity index (χ0) is 16.1. The first kappa shape index (κ1) is 16.2. The minimum atomic E-state index is -0.380. The van der Waals surface area contributed by atoms with E-state index >= 15 is 0 Å². The summed E-state index contributed by atoms with van der Waals surface area (Å²) in [5, 5.41) is 3.67. The molecule has 0 saturated carbocycles. The molecular weight excluding hydrogens is 354 g/mol. The van der Waals surface area contributed by atoms with Gasteiger partial charge in [0.05, 0.1) is 0 Å². The molecule has 0 radical (unpaired) electrons. The average Bonchev–Trinajstić information content (AvgIpc) is 3.01. The smallest absolute Gasteiger partial charge is 0.286 e. The van der Waals surface area contributed by atoms with E-state index in [1.807, 2.05) is 0 Å². The first-order valence-electron chi connectivity index (χ1n) is 6.66. The number of hydrogen-bond acceptors (Lipinski definition) is 5.